The standard InChI is InChI=1S/C33H54IN/c1-7-8-9-10-23(2)21-35-25(4)19-24(3)30-13-14-31-29-12-11-26-20-32(5,22-34)17-15-27(26)28(29)16-18-33(30,31)6/h8-9,21,24,26-31H,7,10-20,22H2,1-6H3/b9-8+,23-21+,35-25?/t24-,26+,27-,28+,29+,30+,31-,32+,33+/m0/s1. The first-order chi connectivity index (χ1) is 16.7. The highest BCUT2D eigenvalue weighted by Gasteiger charge is 2.58. The zero-order chi connectivity index (χ0) is 25.2. The van der Waals surface area contributed by atoms with Crippen LogP contribution >= 0.6 is 22.6 Å². The molecule has 4 aliphatic rings. The quantitative estimate of drug-likeness (QED) is 0.115. The summed E-state index contributed by atoms with van der Waals surface area (Å²) in [6.45, 7) is 14.5. The predicted molar refractivity (Wildman–Crippen MR) is 162 cm³/mol. The van der Waals surface area contributed by atoms with E-state index < -0.39 is 0 Å². The molecule has 0 aliphatic heterocycles. The van der Waals surface area contributed by atoms with E-state index in [9.17, 15) is 0 Å². The van der Waals surface area contributed by atoms with Crippen molar-refractivity contribution in [2.45, 2.75) is 119 Å². The van der Waals surface area contributed by atoms with Crippen LogP contribution in [0, 0.1) is 52.3 Å². The third-order valence-electron chi connectivity index (χ3n) is 11.4. The molecule has 4 aliphatic carbocycles. The average molecular weight is 592 g/mol. The van der Waals surface area contributed by atoms with E-state index >= 15 is 0 Å². The Morgan fingerprint density at radius 2 is 1.74 bits per heavy atom. The molecule has 0 N–H and O–H groups in total. The number of allylic oxidation sites excluding steroid dienone is 3. The van der Waals surface area contributed by atoms with Crippen LogP contribution in [0.4, 0.5) is 0 Å². The lowest BCUT2D eigenvalue weighted by Gasteiger charge is -2.58. The largest absolute Gasteiger partial charge is 0.266 e. The van der Waals surface area contributed by atoms with Gasteiger partial charge in [-0.2, -0.15) is 0 Å². The summed E-state index contributed by atoms with van der Waals surface area (Å²) in [5.41, 5.74) is 3.91. The molecule has 0 unspecified atom stereocenters. The molecule has 35 heavy (non-hydrogen) atoms. The van der Waals surface area contributed by atoms with Gasteiger partial charge in [0.15, 0.2) is 0 Å². The molecule has 0 saturated heterocycles. The average Bonchev–Trinajstić information content (AvgIpc) is 3.20. The van der Waals surface area contributed by atoms with Crippen LogP contribution in [0.2, 0.25) is 0 Å². The molecule has 4 fully saturated rings. The number of halogens is 1. The van der Waals surface area contributed by atoms with Gasteiger partial charge in [0.25, 0.3) is 0 Å². The molecular formula is C33H54IN. The number of hydrogen-bond acceptors (Lipinski definition) is 1. The number of aliphatic imine (C=N–C) groups is 1. The Morgan fingerprint density at radius 1 is 0.971 bits per heavy atom. The highest BCUT2D eigenvalue weighted by atomic mass is 127. The molecule has 0 amide bonds. The van der Waals surface area contributed by atoms with Gasteiger partial charge >= 0.3 is 0 Å². The summed E-state index contributed by atoms with van der Waals surface area (Å²) in [4.78, 5) is 4.89. The molecule has 0 bridgehead atoms. The van der Waals surface area contributed by atoms with Gasteiger partial charge in [-0.05, 0) is 143 Å². The number of nitrogens with zero attached hydrogens (tertiary/aromatic N) is 1. The molecular weight excluding hydrogens is 537 g/mol. The number of fused-ring (bicyclic) bond motifs is 5. The number of hydrogen-bond donors (Lipinski definition) is 0. The Balaban J connectivity index is 1.38. The third kappa shape index (κ3) is 5.98. The molecule has 4 saturated carbocycles. The van der Waals surface area contributed by atoms with Crippen molar-refractivity contribution in [1.29, 1.82) is 0 Å². The normalized spacial score (nSPS) is 43.1. The van der Waals surface area contributed by atoms with E-state index in [1.807, 2.05) is 0 Å². The third-order valence-corrected chi connectivity index (χ3v) is 13.2. The van der Waals surface area contributed by atoms with Gasteiger partial charge < -0.3 is 0 Å². The second-order valence-electron chi connectivity index (χ2n) is 14.0. The topological polar surface area (TPSA) is 12.4 Å². The van der Waals surface area contributed by atoms with E-state index in [2.05, 4.69) is 82.5 Å². The Bertz CT molecular complexity index is 810. The lowest BCUT2D eigenvalue weighted by molar-refractivity contribution is -0.0797. The van der Waals surface area contributed by atoms with Crippen molar-refractivity contribution in [3.63, 3.8) is 0 Å². The fraction of sp³-hybridized carbons (Fsp3) is 0.848. The maximum atomic E-state index is 4.89. The first-order valence-electron chi connectivity index (χ1n) is 15.1. The Kier molecular flexibility index (Phi) is 9.35. The zero-order valence-corrected chi connectivity index (χ0v) is 25.9. The SMILES string of the molecule is CC/C=C/C/C(C)=C/N=C(C)C[C@H](C)[C@H]1CC[C@H]2[C@@H]3CC[C@@H]4C[C@](C)(CI)CC[C@@H]4[C@H]3CC[C@]12C. The van der Waals surface area contributed by atoms with Crippen molar-refractivity contribution >= 4 is 28.3 Å². The monoisotopic (exact) mass is 591 g/mol. The lowest BCUT2D eigenvalue weighted by atomic mass is 9.48. The summed E-state index contributed by atoms with van der Waals surface area (Å²) < 4.78 is 1.36. The molecule has 0 aromatic carbocycles. The van der Waals surface area contributed by atoms with Crippen LogP contribution in [0.15, 0.2) is 28.9 Å². The molecule has 0 heterocycles. The predicted octanol–water partition coefficient (Wildman–Crippen LogP) is 10.4. The minimum Gasteiger partial charge on any atom is -0.266 e. The van der Waals surface area contributed by atoms with Gasteiger partial charge in [0.05, 0.1) is 0 Å². The van der Waals surface area contributed by atoms with Crippen molar-refractivity contribution in [1.82, 2.24) is 0 Å². The summed E-state index contributed by atoms with van der Waals surface area (Å²) in [5, 5.41) is 0. The second kappa shape index (κ2) is 11.7. The first-order valence-corrected chi connectivity index (χ1v) is 16.6. The minimum absolute atomic E-state index is 0.579. The maximum Gasteiger partial charge on any atom is 0.0259 e. The van der Waals surface area contributed by atoms with E-state index in [1.54, 1.807) is 6.42 Å². The Hall–Kier alpha value is -0.120. The number of rotatable bonds is 8. The van der Waals surface area contributed by atoms with Crippen LogP contribution in [0.1, 0.15) is 119 Å². The summed E-state index contributed by atoms with van der Waals surface area (Å²) >= 11 is 2.66. The van der Waals surface area contributed by atoms with E-state index in [4.69, 9.17) is 4.99 Å². The Morgan fingerprint density at radius 3 is 2.49 bits per heavy atom. The lowest BCUT2D eigenvalue weighted by Crippen LogP contribution is -2.50. The molecule has 0 aromatic heterocycles. The van der Waals surface area contributed by atoms with Crippen LogP contribution in [0.5, 0.6) is 0 Å². The van der Waals surface area contributed by atoms with Gasteiger partial charge in [-0.15, -0.1) is 0 Å². The van der Waals surface area contributed by atoms with Crippen molar-refractivity contribution in [3.8, 4) is 0 Å². The van der Waals surface area contributed by atoms with Gasteiger partial charge in [0.1, 0.15) is 0 Å². The smallest absolute Gasteiger partial charge is 0.0259 e. The van der Waals surface area contributed by atoms with Crippen molar-refractivity contribution in [2.24, 2.45) is 57.2 Å². The highest BCUT2D eigenvalue weighted by Crippen LogP contribution is 2.66. The van der Waals surface area contributed by atoms with Crippen LogP contribution in [-0.4, -0.2) is 10.1 Å². The fourth-order valence-electron chi connectivity index (χ4n) is 9.65. The van der Waals surface area contributed by atoms with Crippen LogP contribution in [-0.2, 0) is 0 Å². The number of alkyl halides is 1. The summed E-state index contributed by atoms with van der Waals surface area (Å²) in [6.07, 6.45) is 23.6. The zero-order valence-electron chi connectivity index (χ0n) is 23.8. The first kappa shape index (κ1) is 27.9. The minimum atomic E-state index is 0.579. The molecule has 0 radical (unpaired) electrons. The molecule has 2 heteroatoms. The van der Waals surface area contributed by atoms with Crippen LogP contribution < -0.4 is 0 Å². The van der Waals surface area contributed by atoms with Gasteiger partial charge in [0.2, 0.25) is 0 Å². The van der Waals surface area contributed by atoms with Crippen LogP contribution in [0.3, 0.4) is 0 Å². The summed E-state index contributed by atoms with van der Waals surface area (Å²) in [5.74, 6) is 6.83. The molecule has 1 nitrogen and oxygen atoms in total. The molecule has 4 rings (SSSR count). The molecule has 198 valence electrons. The van der Waals surface area contributed by atoms with Crippen LogP contribution in [0.25, 0.3) is 0 Å². The Labute approximate surface area is 231 Å². The van der Waals surface area contributed by atoms with Gasteiger partial charge in [0, 0.05) is 16.3 Å². The van der Waals surface area contributed by atoms with E-state index in [1.165, 1.54) is 73.5 Å². The summed E-state index contributed by atoms with van der Waals surface area (Å²) in [7, 11) is 0. The van der Waals surface area contributed by atoms with Gasteiger partial charge in [-0.25, -0.2) is 0 Å². The molecule has 0 aromatic rings. The maximum absolute atomic E-state index is 4.89. The highest BCUT2D eigenvalue weighted by molar-refractivity contribution is 14.1. The van der Waals surface area contributed by atoms with Crippen molar-refractivity contribution < 1.29 is 0 Å². The van der Waals surface area contributed by atoms with E-state index in [0.717, 1.165) is 54.3 Å². The summed E-state index contributed by atoms with van der Waals surface area (Å²) in [6, 6.07) is 0. The van der Waals surface area contributed by atoms with Crippen molar-refractivity contribution in [3.05, 3.63) is 23.9 Å². The second-order valence-corrected chi connectivity index (χ2v) is 14.7. The molecule has 9 atom stereocenters. The van der Waals surface area contributed by atoms with Gasteiger partial charge in [-0.1, -0.05) is 68.0 Å². The van der Waals surface area contributed by atoms with Crippen molar-refractivity contribution in [2.75, 3.05) is 4.43 Å². The van der Waals surface area contributed by atoms with E-state index in [0.29, 0.717) is 10.8 Å². The fourth-order valence-corrected chi connectivity index (χ4v) is 10.3. The molecule has 0 spiro atoms. The van der Waals surface area contributed by atoms with E-state index in [-0.39, 0.29) is 0 Å². The van der Waals surface area contributed by atoms with Gasteiger partial charge in [-0.3, -0.25) is 4.99 Å².